The number of aryl methyl sites for hydroxylation is 1. The van der Waals surface area contributed by atoms with E-state index in [-0.39, 0.29) is 11.3 Å². The van der Waals surface area contributed by atoms with Gasteiger partial charge in [0.05, 0.1) is 10.4 Å². The molecule has 16 heavy (non-hydrogen) atoms. The van der Waals surface area contributed by atoms with Gasteiger partial charge in [-0.3, -0.25) is 9.69 Å². The molecule has 1 aromatic heterocycles. The van der Waals surface area contributed by atoms with Crippen LogP contribution < -0.4 is 0 Å². The predicted octanol–water partition coefficient (Wildman–Crippen LogP) is 3.11. The number of hydrogen-bond donors (Lipinski definition) is 0. The molecule has 0 N–H and O–H groups in total. The first-order valence-corrected chi connectivity index (χ1v) is 6.70. The van der Waals surface area contributed by atoms with E-state index in [9.17, 15) is 4.79 Å². The summed E-state index contributed by atoms with van der Waals surface area (Å²) in [5.74, 6) is 0.271. The average Bonchev–Trinajstić information content (AvgIpc) is 2.86. The summed E-state index contributed by atoms with van der Waals surface area (Å²) < 4.78 is 0. The molecule has 2 nitrogen and oxygen atoms in total. The van der Waals surface area contributed by atoms with Crippen molar-refractivity contribution in [1.29, 1.82) is 0 Å². The van der Waals surface area contributed by atoms with Crippen LogP contribution in [-0.4, -0.2) is 29.3 Å². The van der Waals surface area contributed by atoms with Crippen LogP contribution in [0.3, 0.4) is 0 Å². The second kappa shape index (κ2) is 4.30. The molecule has 1 aliphatic heterocycles. The lowest BCUT2D eigenvalue weighted by Crippen LogP contribution is -2.48. The fourth-order valence-corrected chi connectivity index (χ4v) is 3.24. The van der Waals surface area contributed by atoms with Gasteiger partial charge in [-0.1, -0.05) is 0 Å². The van der Waals surface area contributed by atoms with Crippen molar-refractivity contribution in [3.8, 4) is 0 Å². The van der Waals surface area contributed by atoms with E-state index >= 15 is 0 Å². The van der Waals surface area contributed by atoms with Gasteiger partial charge in [0.2, 0.25) is 0 Å². The highest BCUT2D eigenvalue weighted by Gasteiger charge is 2.36. The van der Waals surface area contributed by atoms with Gasteiger partial charge in [-0.05, 0) is 58.8 Å². The van der Waals surface area contributed by atoms with Gasteiger partial charge in [0.25, 0.3) is 0 Å². The maximum absolute atomic E-state index is 12.4. The van der Waals surface area contributed by atoms with Gasteiger partial charge in [-0.15, -0.1) is 11.3 Å². The summed E-state index contributed by atoms with van der Waals surface area (Å²) in [4.78, 5) is 16.9. The van der Waals surface area contributed by atoms with Crippen LogP contribution >= 0.6 is 11.3 Å². The van der Waals surface area contributed by atoms with Gasteiger partial charge in [0.1, 0.15) is 0 Å². The lowest BCUT2D eigenvalue weighted by Gasteiger charge is -2.33. The molecule has 0 aliphatic carbocycles. The minimum absolute atomic E-state index is 0.271. The molecule has 0 saturated carbocycles. The molecule has 0 spiro atoms. The first-order valence-electron chi connectivity index (χ1n) is 5.88. The summed E-state index contributed by atoms with van der Waals surface area (Å²) >= 11 is 1.61. The SMILES string of the molecule is Cc1ccc(C(=O)C(C)(C)N2CCCC2)s1. The van der Waals surface area contributed by atoms with Crippen molar-refractivity contribution in [2.75, 3.05) is 13.1 Å². The number of thiophene rings is 1. The lowest BCUT2D eigenvalue weighted by atomic mass is 9.96. The number of Topliss-reactive ketones (excluding diaryl/α,β-unsaturated/α-hetero) is 1. The Hall–Kier alpha value is -0.670. The highest BCUT2D eigenvalue weighted by atomic mass is 32.1. The van der Waals surface area contributed by atoms with E-state index < -0.39 is 0 Å². The van der Waals surface area contributed by atoms with Gasteiger partial charge < -0.3 is 0 Å². The maximum Gasteiger partial charge on any atom is 0.192 e. The van der Waals surface area contributed by atoms with Crippen LogP contribution in [0.2, 0.25) is 0 Å². The fraction of sp³-hybridized carbons (Fsp3) is 0.615. The molecule has 0 atom stereocenters. The number of carbonyl (C=O) groups excluding carboxylic acids is 1. The van der Waals surface area contributed by atoms with Crippen LogP contribution in [0, 0.1) is 6.92 Å². The number of nitrogens with zero attached hydrogens (tertiary/aromatic N) is 1. The van der Waals surface area contributed by atoms with Gasteiger partial charge >= 0.3 is 0 Å². The fourth-order valence-electron chi connectivity index (χ4n) is 2.28. The van der Waals surface area contributed by atoms with E-state index in [1.165, 1.54) is 17.7 Å². The molecule has 2 rings (SSSR count). The van der Waals surface area contributed by atoms with Crippen molar-refractivity contribution in [1.82, 2.24) is 4.90 Å². The summed E-state index contributed by atoms with van der Waals surface area (Å²) in [6.07, 6.45) is 2.44. The summed E-state index contributed by atoms with van der Waals surface area (Å²) in [7, 11) is 0. The van der Waals surface area contributed by atoms with E-state index in [4.69, 9.17) is 0 Å². The lowest BCUT2D eigenvalue weighted by molar-refractivity contribution is 0.0707. The van der Waals surface area contributed by atoms with E-state index in [2.05, 4.69) is 18.7 Å². The van der Waals surface area contributed by atoms with Crippen molar-refractivity contribution in [2.24, 2.45) is 0 Å². The molecule has 0 radical (unpaired) electrons. The van der Waals surface area contributed by atoms with Crippen molar-refractivity contribution >= 4 is 17.1 Å². The van der Waals surface area contributed by atoms with E-state index in [1.807, 2.05) is 19.1 Å². The van der Waals surface area contributed by atoms with Gasteiger partial charge in [-0.2, -0.15) is 0 Å². The third-order valence-corrected chi connectivity index (χ3v) is 4.42. The van der Waals surface area contributed by atoms with Crippen LogP contribution in [-0.2, 0) is 0 Å². The first kappa shape index (κ1) is 11.8. The van der Waals surface area contributed by atoms with Crippen molar-refractivity contribution in [2.45, 2.75) is 39.2 Å². The molecular formula is C13H19NOS. The number of hydrogen-bond acceptors (Lipinski definition) is 3. The minimum Gasteiger partial charge on any atom is -0.291 e. The Bertz CT molecular complexity index is 388. The molecule has 3 heteroatoms. The zero-order valence-electron chi connectivity index (χ0n) is 10.2. The third kappa shape index (κ3) is 2.06. The predicted molar refractivity (Wildman–Crippen MR) is 68.3 cm³/mol. The summed E-state index contributed by atoms with van der Waals surface area (Å²) in [5, 5.41) is 0. The maximum atomic E-state index is 12.4. The molecule has 1 fully saturated rings. The molecule has 0 amide bonds. The highest BCUT2D eigenvalue weighted by Crippen LogP contribution is 2.27. The minimum atomic E-state index is -0.339. The quantitative estimate of drug-likeness (QED) is 0.753. The molecule has 0 aromatic carbocycles. The smallest absolute Gasteiger partial charge is 0.192 e. The largest absolute Gasteiger partial charge is 0.291 e. The van der Waals surface area contributed by atoms with Crippen molar-refractivity contribution in [3.05, 3.63) is 21.9 Å². The molecule has 1 aromatic rings. The van der Waals surface area contributed by atoms with Crippen LogP contribution in [0.25, 0.3) is 0 Å². The first-order chi connectivity index (χ1) is 7.51. The standard InChI is InChI=1S/C13H19NOS/c1-10-6-7-11(16-10)12(15)13(2,3)14-8-4-5-9-14/h6-7H,4-5,8-9H2,1-3H3. The number of rotatable bonds is 3. The third-order valence-electron chi connectivity index (χ3n) is 3.42. The summed E-state index contributed by atoms with van der Waals surface area (Å²) in [5.41, 5.74) is -0.339. The Morgan fingerprint density at radius 1 is 1.31 bits per heavy atom. The van der Waals surface area contributed by atoms with Crippen molar-refractivity contribution in [3.63, 3.8) is 0 Å². The average molecular weight is 237 g/mol. The Morgan fingerprint density at radius 3 is 2.44 bits per heavy atom. The van der Waals surface area contributed by atoms with Gasteiger partial charge in [-0.25, -0.2) is 0 Å². The summed E-state index contributed by atoms with van der Waals surface area (Å²) in [6, 6.07) is 3.98. The Morgan fingerprint density at radius 2 is 1.94 bits per heavy atom. The Labute approximate surface area is 101 Å². The van der Waals surface area contributed by atoms with Crippen LogP contribution in [0.1, 0.15) is 41.2 Å². The van der Waals surface area contributed by atoms with E-state index in [1.54, 1.807) is 11.3 Å². The molecule has 2 heterocycles. The van der Waals surface area contributed by atoms with E-state index in [0.29, 0.717) is 0 Å². The van der Waals surface area contributed by atoms with E-state index in [0.717, 1.165) is 18.0 Å². The molecule has 0 unspecified atom stereocenters. The molecule has 1 saturated heterocycles. The number of carbonyl (C=O) groups is 1. The zero-order chi connectivity index (χ0) is 11.8. The highest BCUT2D eigenvalue weighted by molar-refractivity contribution is 7.14. The number of likely N-dealkylation sites (tertiary alicyclic amines) is 1. The topological polar surface area (TPSA) is 20.3 Å². The van der Waals surface area contributed by atoms with Crippen LogP contribution in [0.5, 0.6) is 0 Å². The Kier molecular flexibility index (Phi) is 3.17. The Balaban J connectivity index is 2.19. The molecule has 1 aliphatic rings. The van der Waals surface area contributed by atoms with Gasteiger partial charge in [0, 0.05) is 4.88 Å². The van der Waals surface area contributed by atoms with Crippen LogP contribution in [0.15, 0.2) is 12.1 Å². The molecular weight excluding hydrogens is 218 g/mol. The summed E-state index contributed by atoms with van der Waals surface area (Å²) in [6.45, 7) is 8.27. The second-order valence-electron chi connectivity index (χ2n) is 4.99. The van der Waals surface area contributed by atoms with Gasteiger partial charge in [0.15, 0.2) is 5.78 Å². The van der Waals surface area contributed by atoms with Crippen molar-refractivity contribution < 1.29 is 4.79 Å². The normalized spacial score (nSPS) is 17.9. The number of ketones is 1. The van der Waals surface area contributed by atoms with Crippen LogP contribution in [0.4, 0.5) is 0 Å². The monoisotopic (exact) mass is 237 g/mol. The second-order valence-corrected chi connectivity index (χ2v) is 6.28. The molecule has 0 bridgehead atoms. The zero-order valence-corrected chi connectivity index (χ0v) is 11.1. The molecule has 88 valence electrons.